The fourth-order valence-electron chi connectivity index (χ4n) is 2.41. The number of imidazole rings is 1. The van der Waals surface area contributed by atoms with E-state index < -0.39 is 0 Å². The molecule has 0 spiro atoms. The molecule has 3 nitrogen and oxygen atoms in total. The van der Waals surface area contributed by atoms with Crippen molar-refractivity contribution < 1.29 is 0 Å². The predicted octanol–water partition coefficient (Wildman–Crippen LogP) is 2.35. The van der Waals surface area contributed by atoms with Crippen LogP contribution in [0, 0.1) is 11.8 Å². The second-order valence-corrected chi connectivity index (χ2v) is 5.47. The van der Waals surface area contributed by atoms with Crippen molar-refractivity contribution in [2.45, 2.75) is 45.2 Å². The quantitative estimate of drug-likeness (QED) is 0.796. The first-order chi connectivity index (χ1) is 7.84. The minimum atomic E-state index is 0.750. The lowest BCUT2D eigenvalue weighted by atomic mass is 10.1. The Kier molecular flexibility index (Phi) is 2.72. The predicted molar refractivity (Wildman–Crippen MR) is 64.1 cm³/mol. The summed E-state index contributed by atoms with van der Waals surface area (Å²) in [5.74, 6) is 1.85. The maximum Gasteiger partial charge on any atom is 0.0951 e. The number of rotatable bonds is 6. The van der Waals surface area contributed by atoms with Crippen LogP contribution in [-0.2, 0) is 6.54 Å². The summed E-state index contributed by atoms with van der Waals surface area (Å²) >= 11 is 0. The van der Waals surface area contributed by atoms with Crippen LogP contribution in [0.2, 0.25) is 0 Å². The van der Waals surface area contributed by atoms with E-state index in [0.717, 1.165) is 31.0 Å². The van der Waals surface area contributed by atoms with E-state index in [9.17, 15) is 0 Å². The number of hydrogen-bond donors (Lipinski definition) is 1. The summed E-state index contributed by atoms with van der Waals surface area (Å²) in [4.78, 5) is 4.25. The van der Waals surface area contributed by atoms with Crippen LogP contribution in [-0.4, -0.2) is 16.1 Å². The van der Waals surface area contributed by atoms with Gasteiger partial charge in [-0.3, -0.25) is 0 Å². The van der Waals surface area contributed by atoms with Crippen LogP contribution in [0.15, 0.2) is 12.5 Å². The van der Waals surface area contributed by atoms with Crippen molar-refractivity contribution in [1.82, 2.24) is 14.9 Å². The Hall–Kier alpha value is -0.830. The van der Waals surface area contributed by atoms with Crippen molar-refractivity contribution >= 4 is 0 Å². The van der Waals surface area contributed by atoms with Gasteiger partial charge in [0.15, 0.2) is 0 Å². The average molecular weight is 219 g/mol. The van der Waals surface area contributed by atoms with E-state index in [1.54, 1.807) is 0 Å². The standard InChI is InChI=1S/C13H21N3/c1-10(11-2-3-11)6-14-7-13-8-15-9-16(13)12-4-5-12/h8-12,14H,2-7H2,1H3. The van der Waals surface area contributed by atoms with Gasteiger partial charge in [0.25, 0.3) is 0 Å². The van der Waals surface area contributed by atoms with Crippen LogP contribution in [0.4, 0.5) is 0 Å². The van der Waals surface area contributed by atoms with Gasteiger partial charge < -0.3 is 9.88 Å². The fraction of sp³-hybridized carbons (Fsp3) is 0.769. The summed E-state index contributed by atoms with van der Waals surface area (Å²) in [6, 6.07) is 0.750. The third-order valence-electron chi connectivity index (χ3n) is 3.89. The van der Waals surface area contributed by atoms with E-state index in [0.29, 0.717) is 0 Å². The van der Waals surface area contributed by atoms with Gasteiger partial charge in [-0.1, -0.05) is 6.92 Å². The van der Waals surface area contributed by atoms with Crippen molar-refractivity contribution in [2.24, 2.45) is 11.8 Å². The van der Waals surface area contributed by atoms with Gasteiger partial charge in [-0.15, -0.1) is 0 Å². The largest absolute Gasteiger partial charge is 0.330 e. The zero-order chi connectivity index (χ0) is 11.0. The maximum atomic E-state index is 4.25. The topological polar surface area (TPSA) is 29.9 Å². The van der Waals surface area contributed by atoms with Gasteiger partial charge in [0.05, 0.1) is 12.0 Å². The SMILES string of the molecule is CC(CNCc1cncn1C1CC1)C1CC1. The highest BCUT2D eigenvalue weighted by Crippen LogP contribution is 2.36. The highest BCUT2D eigenvalue weighted by Gasteiger charge is 2.28. The van der Waals surface area contributed by atoms with E-state index in [-0.39, 0.29) is 0 Å². The van der Waals surface area contributed by atoms with Gasteiger partial charge in [0.1, 0.15) is 0 Å². The summed E-state index contributed by atoms with van der Waals surface area (Å²) in [7, 11) is 0. The Morgan fingerprint density at radius 2 is 2.25 bits per heavy atom. The Morgan fingerprint density at radius 3 is 2.94 bits per heavy atom. The zero-order valence-electron chi connectivity index (χ0n) is 10.0. The van der Waals surface area contributed by atoms with Crippen LogP contribution in [0.5, 0.6) is 0 Å². The lowest BCUT2D eigenvalue weighted by Gasteiger charge is -2.12. The van der Waals surface area contributed by atoms with Crippen LogP contribution in [0.3, 0.4) is 0 Å². The Morgan fingerprint density at radius 1 is 1.44 bits per heavy atom. The fourth-order valence-corrected chi connectivity index (χ4v) is 2.41. The molecule has 2 aliphatic rings. The Labute approximate surface area is 97.3 Å². The van der Waals surface area contributed by atoms with Gasteiger partial charge in [-0.25, -0.2) is 4.98 Å². The molecule has 16 heavy (non-hydrogen) atoms. The third-order valence-corrected chi connectivity index (χ3v) is 3.89. The van der Waals surface area contributed by atoms with Gasteiger partial charge >= 0.3 is 0 Å². The maximum absolute atomic E-state index is 4.25. The lowest BCUT2D eigenvalue weighted by molar-refractivity contribution is 0.456. The third kappa shape index (κ3) is 2.29. The molecule has 3 heteroatoms. The molecular weight excluding hydrogens is 198 g/mol. The summed E-state index contributed by atoms with van der Waals surface area (Å²) in [5.41, 5.74) is 1.35. The molecule has 0 amide bonds. The molecule has 2 saturated carbocycles. The summed E-state index contributed by atoms with van der Waals surface area (Å²) in [6.45, 7) is 4.50. The Bertz CT molecular complexity index is 350. The molecule has 1 N–H and O–H groups in total. The lowest BCUT2D eigenvalue weighted by Crippen LogP contribution is -2.23. The van der Waals surface area contributed by atoms with Gasteiger partial charge in [-0.2, -0.15) is 0 Å². The molecule has 0 saturated heterocycles. The monoisotopic (exact) mass is 219 g/mol. The highest BCUT2D eigenvalue weighted by atomic mass is 15.1. The number of nitrogens with zero attached hydrogens (tertiary/aromatic N) is 2. The first-order valence-electron chi connectivity index (χ1n) is 6.56. The molecule has 88 valence electrons. The highest BCUT2D eigenvalue weighted by molar-refractivity contribution is 5.03. The number of aromatic nitrogens is 2. The normalized spacial score (nSPS) is 22.3. The van der Waals surface area contributed by atoms with Crippen LogP contribution in [0.25, 0.3) is 0 Å². The molecule has 1 aromatic rings. The summed E-state index contributed by atoms with van der Waals surface area (Å²) in [6.07, 6.45) is 9.56. The van der Waals surface area contributed by atoms with Crippen LogP contribution < -0.4 is 5.32 Å². The molecule has 0 radical (unpaired) electrons. The van der Waals surface area contributed by atoms with Crippen molar-refractivity contribution in [2.75, 3.05) is 6.54 Å². The zero-order valence-corrected chi connectivity index (χ0v) is 10.0. The van der Waals surface area contributed by atoms with E-state index >= 15 is 0 Å². The molecule has 0 aromatic carbocycles. The van der Waals surface area contributed by atoms with E-state index in [1.807, 2.05) is 12.5 Å². The van der Waals surface area contributed by atoms with Crippen LogP contribution >= 0.6 is 0 Å². The summed E-state index contributed by atoms with van der Waals surface area (Å²) in [5, 5.41) is 3.57. The smallest absolute Gasteiger partial charge is 0.0951 e. The first kappa shape index (κ1) is 10.3. The molecule has 0 aliphatic heterocycles. The van der Waals surface area contributed by atoms with Crippen molar-refractivity contribution in [3.63, 3.8) is 0 Å². The van der Waals surface area contributed by atoms with Crippen molar-refractivity contribution in [3.8, 4) is 0 Å². The summed E-state index contributed by atoms with van der Waals surface area (Å²) < 4.78 is 2.34. The molecule has 1 atom stereocenters. The molecule has 1 heterocycles. The van der Waals surface area contributed by atoms with E-state index in [2.05, 4.69) is 21.8 Å². The molecule has 2 aliphatic carbocycles. The first-order valence-corrected chi connectivity index (χ1v) is 6.56. The second kappa shape index (κ2) is 4.21. The van der Waals surface area contributed by atoms with Gasteiger partial charge in [0, 0.05) is 18.8 Å². The van der Waals surface area contributed by atoms with E-state index in [1.165, 1.54) is 31.4 Å². The molecule has 2 fully saturated rings. The average Bonchev–Trinajstić information content (AvgIpc) is 3.18. The minimum Gasteiger partial charge on any atom is -0.330 e. The molecule has 1 unspecified atom stereocenters. The number of nitrogens with one attached hydrogen (secondary N) is 1. The molecule has 1 aromatic heterocycles. The van der Waals surface area contributed by atoms with Gasteiger partial charge in [0.2, 0.25) is 0 Å². The van der Waals surface area contributed by atoms with Gasteiger partial charge in [-0.05, 0) is 44.1 Å². The van der Waals surface area contributed by atoms with Crippen molar-refractivity contribution in [3.05, 3.63) is 18.2 Å². The number of hydrogen-bond acceptors (Lipinski definition) is 2. The van der Waals surface area contributed by atoms with Crippen molar-refractivity contribution in [1.29, 1.82) is 0 Å². The molecule has 3 rings (SSSR count). The molecular formula is C13H21N3. The molecule has 0 bridgehead atoms. The second-order valence-electron chi connectivity index (χ2n) is 5.47. The Balaban J connectivity index is 1.47. The van der Waals surface area contributed by atoms with E-state index in [4.69, 9.17) is 0 Å². The minimum absolute atomic E-state index is 0.750. The van der Waals surface area contributed by atoms with Crippen LogP contribution in [0.1, 0.15) is 44.3 Å².